The molecule has 2 unspecified atom stereocenters. The molecule has 0 saturated carbocycles. The molecule has 2 aliphatic rings. The van der Waals surface area contributed by atoms with Crippen LogP contribution in [-0.2, 0) is 27.7 Å². The van der Waals surface area contributed by atoms with E-state index < -0.39 is 0 Å². The van der Waals surface area contributed by atoms with Gasteiger partial charge >= 0.3 is 0 Å². The molecule has 2 atom stereocenters. The van der Waals surface area contributed by atoms with Crippen LogP contribution in [0.3, 0.4) is 0 Å². The number of hydrogen-bond acceptors (Lipinski definition) is 4. The lowest BCUT2D eigenvalue weighted by Crippen LogP contribution is -2.10. The molecule has 138 valence electrons. The Bertz CT molecular complexity index is 784. The number of nitrogen functional groups attached to an aromatic ring is 1. The van der Waals surface area contributed by atoms with E-state index in [1.54, 1.807) is 0 Å². The SMILES string of the molecule is CC(C)(C)c1ccc(Oc2ccc(N)c(CC3CO3)c2CC2CO2)cc1. The van der Waals surface area contributed by atoms with Crippen molar-refractivity contribution < 1.29 is 14.2 Å². The van der Waals surface area contributed by atoms with Gasteiger partial charge in [0, 0.05) is 24.1 Å². The summed E-state index contributed by atoms with van der Waals surface area (Å²) in [6.07, 6.45) is 2.25. The first-order chi connectivity index (χ1) is 12.4. The molecule has 2 saturated heterocycles. The second-order valence-corrected chi connectivity index (χ2v) is 8.31. The van der Waals surface area contributed by atoms with E-state index in [0.717, 1.165) is 54.4 Å². The molecule has 2 N–H and O–H groups in total. The summed E-state index contributed by atoms with van der Waals surface area (Å²) in [5.41, 5.74) is 10.8. The molecule has 0 bridgehead atoms. The molecule has 0 spiro atoms. The van der Waals surface area contributed by atoms with Crippen molar-refractivity contribution in [1.82, 2.24) is 0 Å². The van der Waals surface area contributed by atoms with E-state index in [9.17, 15) is 0 Å². The molecule has 0 amide bonds. The van der Waals surface area contributed by atoms with Crippen LogP contribution in [-0.4, -0.2) is 25.4 Å². The fourth-order valence-electron chi connectivity index (χ4n) is 3.23. The minimum Gasteiger partial charge on any atom is -0.457 e. The summed E-state index contributed by atoms with van der Waals surface area (Å²) < 4.78 is 17.1. The van der Waals surface area contributed by atoms with Crippen LogP contribution in [0.2, 0.25) is 0 Å². The van der Waals surface area contributed by atoms with Gasteiger partial charge in [0.15, 0.2) is 0 Å². The van der Waals surface area contributed by atoms with Crippen LogP contribution < -0.4 is 10.5 Å². The number of anilines is 1. The fourth-order valence-corrected chi connectivity index (χ4v) is 3.23. The van der Waals surface area contributed by atoms with Crippen molar-refractivity contribution >= 4 is 5.69 Å². The molecule has 4 heteroatoms. The first-order valence-electron chi connectivity index (χ1n) is 9.32. The Labute approximate surface area is 155 Å². The topological polar surface area (TPSA) is 60.3 Å². The maximum absolute atomic E-state index is 6.27. The molecule has 2 aromatic rings. The Morgan fingerprint density at radius 1 is 0.923 bits per heavy atom. The van der Waals surface area contributed by atoms with Crippen molar-refractivity contribution in [2.75, 3.05) is 18.9 Å². The van der Waals surface area contributed by atoms with Gasteiger partial charge in [0.05, 0.1) is 25.4 Å². The normalized spacial score (nSPS) is 21.5. The Balaban J connectivity index is 1.62. The highest BCUT2D eigenvalue weighted by Gasteiger charge is 2.30. The first-order valence-corrected chi connectivity index (χ1v) is 9.32. The molecular weight excluding hydrogens is 326 g/mol. The molecule has 2 heterocycles. The van der Waals surface area contributed by atoms with Gasteiger partial charge in [-0.1, -0.05) is 32.9 Å². The second kappa shape index (κ2) is 6.60. The molecule has 0 aliphatic carbocycles. The monoisotopic (exact) mass is 353 g/mol. The summed E-state index contributed by atoms with van der Waals surface area (Å²) in [5.74, 6) is 1.71. The predicted octanol–water partition coefficient (Wildman–Crippen LogP) is 4.24. The number of rotatable bonds is 6. The van der Waals surface area contributed by atoms with E-state index in [2.05, 4.69) is 32.9 Å². The minimum atomic E-state index is 0.131. The van der Waals surface area contributed by atoms with Gasteiger partial charge in [-0.05, 0) is 40.8 Å². The maximum Gasteiger partial charge on any atom is 0.131 e. The molecule has 2 fully saturated rings. The van der Waals surface area contributed by atoms with E-state index in [-0.39, 0.29) is 17.6 Å². The van der Waals surface area contributed by atoms with Crippen LogP contribution in [0.1, 0.15) is 37.5 Å². The third-order valence-corrected chi connectivity index (χ3v) is 5.04. The van der Waals surface area contributed by atoms with E-state index in [1.165, 1.54) is 5.56 Å². The molecule has 0 radical (unpaired) electrons. The van der Waals surface area contributed by atoms with Crippen LogP contribution in [0.4, 0.5) is 5.69 Å². The zero-order valence-corrected chi connectivity index (χ0v) is 15.7. The summed E-state index contributed by atoms with van der Waals surface area (Å²) in [5, 5.41) is 0. The highest BCUT2D eigenvalue weighted by atomic mass is 16.6. The first kappa shape index (κ1) is 17.4. The van der Waals surface area contributed by atoms with Crippen LogP contribution in [0.5, 0.6) is 11.5 Å². The molecule has 4 nitrogen and oxygen atoms in total. The minimum absolute atomic E-state index is 0.131. The summed E-state index contributed by atoms with van der Waals surface area (Å²) >= 11 is 0. The molecule has 4 rings (SSSR count). The quantitative estimate of drug-likeness (QED) is 0.623. The van der Waals surface area contributed by atoms with Gasteiger partial charge in [-0.3, -0.25) is 0 Å². The van der Waals surface area contributed by atoms with Gasteiger partial charge in [-0.25, -0.2) is 0 Å². The van der Waals surface area contributed by atoms with Gasteiger partial charge in [-0.2, -0.15) is 0 Å². The maximum atomic E-state index is 6.27. The lowest BCUT2D eigenvalue weighted by Gasteiger charge is -2.20. The molecular formula is C22H27NO3. The molecule has 2 aromatic carbocycles. The van der Waals surface area contributed by atoms with Crippen molar-refractivity contribution in [3.8, 4) is 11.5 Å². The third-order valence-electron chi connectivity index (χ3n) is 5.04. The fraction of sp³-hybridized carbons (Fsp3) is 0.455. The van der Waals surface area contributed by atoms with Crippen LogP contribution >= 0.6 is 0 Å². The summed E-state index contributed by atoms with van der Waals surface area (Å²) in [6.45, 7) is 8.26. The van der Waals surface area contributed by atoms with Crippen molar-refractivity contribution in [3.05, 3.63) is 53.1 Å². The smallest absolute Gasteiger partial charge is 0.131 e. The highest BCUT2D eigenvalue weighted by molar-refractivity contribution is 5.58. The number of nitrogens with two attached hydrogens (primary N) is 1. The number of hydrogen-bond donors (Lipinski definition) is 1. The zero-order chi connectivity index (χ0) is 18.3. The standard InChI is InChI=1S/C22H27NO3/c1-22(2,3)14-4-6-15(7-5-14)26-21-9-8-20(23)18(10-16-12-24-16)19(21)11-17-13-25-17/h4-9,16-17H,10-13,23H2,1-3H3. The van der Waals surface area contributed by atoms with E-state index in [0.29, 0.717) is 0 Å². The Kier molecular flexibility index (Phi) is 4.41. The van der Waals surface area contributed by atoms with Crippen LogP contribution in [0.15, 0.2) is 36.4 Å². The summed E-state index contributed by atoms with van der Waals surface area (Å²) in [4.78, 5) is 0. The van der Waals surface area contributed by atoms with Gasteiger partial charge in [0.1, 0.15) is 11.5 Å². The summed E-state index contributed by atoms with van der Waals surface area (Å²) in [7, 11) is 0. The van der Waals surface area contributed by atoms with Crippen LogP contribution in [0.25, 0.3) is 0 Å². The zero-order valence-electron chi connectivity index (χ0n) is 15.7. The summed E-state index contributed by atoms with van der Waals surface area (Å²) in [6, 6.07) is 12.3. The third kappa shape index (κ3) is 4.02. The van der Waals surface area contributed by atoms with E-state index in [1.807, 2.05) is 24.3 Å². The molecule has 0 aromatic heterocycles. The Morgan fingerprint density at radius 3 is 2.04 bits per heavy atom. The lowest BCUT2D eigenvalue weighted by molar-refractivity contribution is 0.397. The lowest BCUT2D eigenvalue weighted by atomic mass is 9.87. The van der Waals surface area contributed by atoms with Crippen molar-refractivity contribution in [2.24, 2.45) is 0 Å². The average molecular weight is 353 g/mol. The predicted molar refractivity (Wildman–Crippen MR) is 103 cm³/mol. The number of benzene rings is 2. The Hall–Kier alpha value is -2.04. The molecule has 26 heavy (non-hydrogen) atoms. The van der Waals surface area contributed by atoms with Gasteiger partial charge in [0.2, 0.25) is 0 Å². The second-order valence-electron chi connectivity index (χ2n) is 8.31. The number of epoxide rings is 2. The van der Waals surface area contributed by atoms with E-state index >= 15 is 0 Å². The van der Waals surface area contributed by atoms with Crippen LogP contribution in [0, 0.1) is 0 Å². The van der Waals surface area contributed by atoms with Gasteiger partial charge in [-0.15, -0.1) is 0 Å². The average Bonchev–Trinajstić information content (AvgIpc) is 3.49. The van der Waals surface area contributed by atoms with E-state index in [4.69, 9.17) is 19.9 Å². The molecule has 2 aliphatic heterocycles. The Morgan fingerprint density at radius 2 is 1.50 bits per heavy atom. The van der Waals surface area contributed by atoms with Gasteiger partial charge in [0.25, 0.3) is 0 Å². The van der Waals surface area contributed by atoms with Gasteiger partial charge < -0.3 is 19.9 Å². The van der Waals surface area contributed by atoms with Crippen molar-refractivity contribution in [1.29, 1.82) is 0 Å². The largest absolute Gasteiger partial charge is 0.457 e. The van der Waals surface area contributed by atoms with Crippen molar-refractivity contribution in [2.45, 2.75) is 51.2 Å². The number of ether oxygens (including phenoxy) is 3. The highest BCUT2D eigenvalue weighted by Crippen LogP contribution is 2.36. The van der Waals surface area contributed by atoms with Crippen molar-refractivity contribution in [3.63, 3.8) is 0 Å².